The maximum absolute atomic E-state index is 8.91. The van der Waals surface area contributed by atoms with E-state index in [2.05, 4.69) is 10.4 Å². The van der Waals surface area contributed by atoms with Gasteiger partial charge in [0.25, 0.3) is 0 Å². The molecule has 0 aromatic heterocycles. The molecule has 2 heterocycles. The Morgan fingerprint density at radius 3 is 3.08 bits per heavy atom. The van der Waals surface area contributed by atoms with E-state index in [0.29, 0.717) is 5.47 Å². The van der Waals surface area contributed by atoms with Crippen LogP contribution >= 0.6 is 0 Å². The summed E-state index contributed by atoms with van der Waals surface area (Å²) in [6.07, 6.45) is 4.93. The Morgan fingerprint density at radius 1 is 1.62 bits per heavy atom. The molecule has 5 nitrogen and oxygen atoms in total. The number of hydrogen-bond donors (Lipinski definition) is 3. The largest absolute Gasteiger partial charge is 0.488 e. The topological polar surface area (TPSA) is 68.1 Å². The van der Waals surface area contributed by atoms with Gasteiger partial charge in [0.2, 0.25) is 0 Å². The van der Waals surface area contributed by atoms with E-state index >= 15 is 0 Å². The van der Waals surface area contributed by atoms with Crippen LogP contribution < -0.4 is 5.43 Å². The third kappa shape index (κ3) is 1.45. The lowest BCUT2D eigenvalue weighted by Crippen LogP contribution is -2.37. The molecule has 6 heteroatoms. The summed E-state index contributed by atoms with van der Waals surface area (Å²) in [5.74, 6) is 0.819. The quantitative estimate of drug-likeness (QED) is 0.452. The molecule has 0 fully saturated rings. The van der Waals surface area contributed by atoms with Crippen molar-refractivity contribution in [3.63, 3.8) is 0 Å². The molecule has 68 valence electrons. The molecule has 3 N–H and O–H groups in total. The summed E-state index contributed by atoms with van der Waals surface area (Å²) >= 11 is 0. The maximum Gasteiger partial charge on any atom is 0.488 e. The molecule has 0 bridgehead atoms. The fourth-order valence-corrected chi connectivity index (χ4v) is 1.35. The van der Waals surface area contributed by atoms with E-state index in [4.69, 9.17) is 10.0 Å². The van der Waals surface area contributed by atoms with Crippen molar-refractivity contribution in [1.29, 1.82) is 0 Å². The molecule has 0 aromatic rings. The highest BCUT2D eigenvalue weighted by Gasteiger charge is 2.25. The van der Waals surface area contributed by atoms with E-state index in [1.165, 1.54) is 0 Å². The summed E-state index contributed by atoms with van der Waals surface area (Å²) < 4.78 is 0. The molecule has 0 radical (unpaired) electrons. The molecular weight excluding hydrogens is 169 g/mol. The van der Waals surface area contributed by atoms with Crippen molar-refractivity contribution in [3.05, 3.63) is 23.8 Å². The predicted octanol–water partition coefficient (Wildman–Crippen LogP) is -0.983. The molecule has 0 saturated heterocycles. The lowest BCUT2D eigenvalue weighted by Gasteiger charge is -2.22. The van der Waals surface area contributed by atoms with Crippen LogP contribution in [0.15, 0.2) is 28.8 Å². The van der Waals surface area contributed by atoms with Crippen molar-refractivity contribution in [2.75, 3.05) is 0 Å². The van der Waals surface area contributed by atoms with Crippen molar-refractivity contribution in [2.45, 2.75) is 13.1 Å². The van der Waals surface area contributed by atoms with Crippen LogP contribution in [0.25, 0.3) is 0 Å². The van der Waals surface area contributed by atoms with Gasteiger partial charge in [-0.25, -0.2) is 4.99 Å². The molecule has 13 heavy (non-hydrogen) atoms. The first-order valence-corrected chi connectivity index (χ1v) is 4.02. The second-order valence-electron chi connectivity index (χ2n) is 3.00. The summed E-state index contributed by atoms with van der Waals surface area (Å²) in [5.41, 5.74) is 3.48. The van der Waals surface area contributed by atoms with Gasteiger partial charge in [0.15, 0.2) is 6.17 Å². The van der Waals surface area contributed by atoms with Gasteiger partial charge in [-0.2, -0.15) is 0 Å². The standard InChI is InChI=1S/C7H10BN3O2/c1-5-9-7-4-6(8(12)13)2-3-11(7)10-5/h2-4,7,12-13H,1H3,(H,9,10). The van der Waals surface area contributed by atoms with E-state index in [-0.39, 0.29) is 6.17 Å². The van der Waals surface area contributed by atoms with Gasteiger partial charge >= 0.3 is 7.12 Å². The number of fused-ring (bicyclic) bond motifs is 1. The molecule has 2 aliphatic rings. The van der Waals surface area contributed by atoms with Gasteiger partial charge < -0.3 is 10.0 Å². The molecular formula is C7H10BN3O2. The number of nitrogens with one attached hydrogen (secondary N) is 1. The van der Waals surface area contributed by atoms with Crippen LogP contribution in [0, 0.1) is 0 Å². The average molecular weight is 179 g/mol. The predicted molar refractivity (Wildman–Crippen MR) is 49.3 cm³/mol. The fourth-order valence-electron chi connectivity index (χ4n) is 1.35. The van der Waals surface area contributed by atoms with Crippen molar-refractivity contribution in [1.82, 2.24) is 10.4 Å². The zero-order valence-corrected chi connectivity index (χ0v) is 7.18. The van der Waals surface area contributed by atoms with Crippen LogP contribution in [-0.4, -0.2) is 34.2 Å². The van der Waals surface area contributed by atoms with Gasteiger partial charge in [-0.05, 0) is 24.5 Å². The second-order valence-corrected chi connectivity index (χ2v) is 3.00. The number of rotatable bonds is 1. The van der Waals surface area contributed by atoms with Gasteiger partial charge in [-0.15, -0.1) is 0 Å². The summed E-state index contributed by atoms with van der Waals surface area (Å²) in [7, 11) is -1.42. The Balaban J connectivity index is 2.21. The van der Waals surface area contributed by atoms with Crippen LogP contribution in [-0.2, 0) is 0 Å². The molecule has 0 amide bonds. The summed E-state index contributed by atoms with van der Waals surface area (Å²) in [6, 6.07) is 0. The zero-order valence-electron chi connectivity index (χ0n) is 7.18. The van der Waals surface area contributed by atoms with Gasteiger partial charge in [-0.1, -0.05) is 0 Å². The van der Waals surface area contributed by atoms with Crippen LogP contribution in [0.2, 0.25) is 0 Å². The van der Waals surface area contributed by atoms with E-state index in [9.17, 15) is 0 Å². The van der Waals surface area contributed by atoms with Crippen LogP contribution in [0.1, 0.15) is 6.92 Å². The Morgan fingerprint density at radius 2 is 2.38 bits per heavy atom. The maximum atomic E-state index is 8.91. The van der Waals surface area contributed by atoms with Gasteiger partial charge in [0.05, 0.1) is 0 Å². The number of hydrogen-bond acceptors (Lipinski definition) is 5. The van der Waals surface area contributed by atoms with Gasteiger partial charge in [0.1, 0.15) is 5.84 Å². The first-order valence-electron chi connectivity index (χ1n) is 4.02. The lowest BCUT2D eigenvalue weighted by atomic mass is 9.78. The Bertz CT molecular complexity index is 311. The van der Waals surface area contributed by atoms with Crippen LogP contribution in [0.5, 0.6) is 0 Å². The first-order chi connectivity index (χ1) is 6.16. The number of hydrazine groups is 1. The Hall–Kier alpha value is -1.27. The highest BCUT2D eigenvalue weighted by molar-refractivity contribution is 6.51. The number of allylic oxidation sites excluding steroid dienone is 2. The monoisotopic (exact) mass is 179 g/mol. The van der Waals surface area contributed by atoms with Crippen molar-refractivity contribution < 1.29 is 10.0 Å². The molecule has 0 spiro atoms. The van der Waals surface area contributed by atoms with E-state index < -0.39 is 7.12 Å². The van der Waals surface area contributed by atoms with Crippen molar-refractivity contribution >= 4 is 13.0 Å². The minimum Gasteiger partial charge on any atom is -0.423 e. The third-order valence-corrected chi connectivity index (χ3v) is 1.97. The van der Waals surface area contributed by atoms with Crippen LogP contribution in [0.3, 0.4) is 0 Å². The number of aliphatic imine (C=N–C) groups is 1. The molecule has 2 rings (SSSR count). The summed E-state index contributed by atoms with van der Waals surface area (Å²) in [5, 5.41) is 19.6. The summed E-state index contributed by atoms with van der Waals surface area (Å²) in [6.45, 7) is 1.86. The average Bonchev–Trinajstić information content (AvgIpc) is 2.42. The highest BCUT2D eigenvalue weighted by Crippen LogP contribution is 2.16. The Labute approximate surface area is 76.2 Å². The van der Waals surface area contributed by atoms with E-state index in [1.807, 2.05) is 6.92 Å². The van der Waals surface area contributed by atoms with Crippen LogP contribution in [0.4, 0.5) is 0 Å². The highest BCUT2D eigenvalue weighted by atomic mass is 16.4. The first kappa shape index (κ1) is 8.34. The van der Waals surface area contributed by atoms with E-state index in [0.717, 1.165) is 5.84 Å². The molecule has 1 unspecified atom stereocenters. The molecule has 0 aliphatic carbocycles. The lowest BCUT2D eigenvalue weighted by molar-refractivity contribution is 0.311. The molecule has 2 aliphatic heterocycles. The van der Waals surface area contributed by atoms with E-state index in [1.54, 1.807) is 23.4 Å². The minimum absolute atomic E-state index is 0.151. The molecule has 0 saturated carbocycles. The van der Waals surface area contributed by atoms with Crippen molar-refractivity contribution in [3.8, 4) is 0 Å². The smallest absolute Gasteiger partial charge is 0.423 e. The van der Waals surface area contributed by atoms with Gasteiger partial charge in [0, 0.05) is 6.20 Å². The SMILES string of the molecule is CC1=NC2C=C(B(O)O)C=CN2N1. The van der Waals surface area contributed by atoms with Gasteiger partial charge in [-0.3, -0.25) is 10.4 Å². The normalized spacial score (nSPS) is 24.8. The fraction of sp³-hybridized carbons (Fsp3) is 0.286. The molecule has 0 aromatic carbocycles. The second kappa shape index (κ2) is 2.90. The third-order valence-electron chi connectivity index (χ3n) is 1.97. The molecule has 1 atom stereocenters. The zero-order chi connectivity index (χ0) is 9.42. The van der Waals surface area contributed by atoms with Crippen molar-refractivity contribution in [2.24, 2.45) is 4.99 Å². The number of amidine groups is 1. The number of nitrogens with zero attached hydrogens (tertiary/aromatic N) is 2. The summed E-state index contributed by atoms with van der Waals surface area (Å²) in [4.78, 5) is 4.22. The Kier molecular flexibility index (Phi) is 1.86. The minimum atomic E-state index is -1.42.